The zero-order valence-corrected chi connectivity index (χ0v) is 19.7. The van der Waals surface area contributed by atoms with Crippen LogP contribution in [0.4, 0.5) is 5.13 Å². The second-order valence-electron chi connectivity index (χ2n) is 8.01. The molecule has 1 aliphatic rings. The number of allylic oxidation sites excluding steroid dienone is 1. The number of anilines is 1. The smallest absolute Gasteiger partial charge is 0.187 e. The maximum Gasteiger partial charge on any atom is 0.187 e. The number of hydrogen-bond acceptors (Lipinski definition) is 6. The predicted octanol–water partition coefficient (Wildman–Crippen LogP) is 5.45. The summed E-state index contributed by atoms with van der Waals surface area (Å²) in [6.45, 7) is 13.0. The maximum atomic E-state index is 4.80. The number of thiazole rings is 1. The van der Waals surface area contributed by atoms with Crippen LogP contribution in [0.25, 0.3) is 17.1 Å². The highest BCUT2D eigenvalue weighted by atomic mass is 32.1. The largest absolute Gasteiger partial charge is 0.332 e. The number of aryl methyl sites for hydroxylation is 1. The normalized spacial score (nSPS) is 16.7. The van der Waals surface area contributed by atoms with Crippen molar-refractivity contribution in [1.82, 2.24) is 24.4 Å². The molecule has 0 amide bonds. The van der Waals surface area contributed by atoms with Crippen molar-refractivity contribution in [1.29, 1.82) is 0 Å². The van der Waals surface area contributed by atoms with Crippen LogP contribution in [0, 0.1) is 6.92 Å². The topological polar surface area (TPSA) is 58.9 Å². The minimum absolute atomic E-state index is 0.497. The predicted molar refractivity (Wildman–Crippen MR) is 129 cm³/mol. The van der Waals surface area contributed by atoms with Crippen LogP contribution in [0.15, 0.2) is 59.2 Å². The van der Waals surface area contributed by atoms with E-state index in [-0.39, 0.29) is 0 Å². The van der Waals surface area contributed by atoms with E-state index in [4.69, 9.17) is 4.98 Å². The van der Waals surface area contributed by atoms with E-state index in [1.807, 2.05) is 30.0 Å². The summed E-state index contributed by atoms with van der Waals surface area (Å²) in [6, 6.07) is 4.55. The van der Waals surface area contributed by atoms with E-state index in [2.05, 4.69) is 65.4 Å². The highest BCUT2D eigenvalue weighted by molar-refractivity contribution is 7.14. The lowest BCUT2D eigenvalue weighted by Crippen LogP contribution is -2.37. The van der Waals surface area contributed by atoms with Crippen LogP contribution in [0.2, 0.25) is 0 Å². The number of imidazole rings is 1. The van der Waals surface area contributed by atoms with Crippen molar-refractivity contribution < 1.29 is 0 Å². The van der Waals surface area contributed by atoms with E-state index in [1.54, 1.807) is 17.7 Å². The van der Waals surface area contributed by atoms with Crippen molar-refractivity contribution in [3.8, 4) is 17.1 Å². The van der Waals surface area contributed by atoms with E-state index >= 15 is 0 Å². The summed E-state index contributed by atoms with van der Waals surface area (Å²) in [4.78, 5) is 16.2. The number of likely N-dealkylation sites (N-methyl/N-ethyl adjacent to an activating group) is 1. The summed E-state index contributed by atoms with van der Waals surface area (Å²) in [6.07, 6.45) is 8.96. The van der Waals surface area contributed by atoms with Gasteiger partial charge in [0.05, 0.1) is 11.4 Å². The van der Waals surface area contributed by atoms with E-state index in [0.717, 1.165) is 47.4 Å². The molecule has 0 bridgehead atoms. The van der Waals surface area contributed by atoms with Gasteiger partial charge >= 0.3 is 0 Å². The van der Waals surface area contributed by atoms with Crippen LogP contribution in [0.5, 0.6) is 0 Å². The number of pyridine rings is 1. The zero-order chi connectivity index (χ0) is 22.0. The summed E-state index contributed by atoms with van der Waals surface area (Å²) in [5, 5.41) is 6.53. The molecule has 0 radical (unpaired) electrons. The Kier molecular flexibility index (Phi) is 6.34. The van der Waals surface area contributed by atoms with Crippen molar-refractivity contribution in [2.45, 2.75) is 47.1 Å². The second-order valence-corrected chi connectivity index (χ2v) is 8.87. The lowest BCUT2D eigenvalue weighted by atomic mass is 9.91. The molecule has 0 aromatic carbocycles. The van der Waals surface area contributed by atoms with Gasteiger partial charge < -0.3 is 5.32 Å². The van der Waals surface area contributed by atoms with Crippen LogP contribution >= 0.6 is 11.3 Å². The third-order valence-electron chi connectivity index (χ3n) is 5.88. The van der Waals surface area contributed by atoms with Gasteiger partial charge in [0.1, 0.15) is 12.1 Å². The van der Waals surface area contributed by atoms with Gasteiger partial charge in [-0.05, 0) is 64.1 Å². The number of aromatic nitrogens is 4. The van der Waals surface area contributed by atoms with Gasteiger partial charge in [0.2, 0.25) is 0 Å². The first-order valence-corrected chi connectivity index (χ1v) is 11.7. The molecule has 1 N–H and O–H groups in total. The first kappa shape index (κ1) is 21.5. The summed E-state index contributed by atoms with van der Waals surface area (Å²) in [5.74, 6) is 0.851. The molecule has 1 unspecified atom stereocenters. The Bertz CT molecular complexity index is 1100. The zero-order valence-electron chi connectivity index (χ0n) is 18.9. The third-order valence-corrected chi connectivity index (χ3v) is 6.63. The first-order chi connectivity index (χ1) is 15.0. The molecule has 0 fully saturated rings. The molecular weight excluding hydrogens is 404 g/mol. The molecule has 162 valence electrons. The quantitative estimate of drug-likeness (QED) is 0.536. The average Bonchev–Trinajstić information content (AvgIpc) is 3.41. The molecule has 1 atom stereocenters. The molecule has 0 spiro atoms. The van der Waals surface area contributed by atoms with Crippen LogP contribution in [-0.2, 0) is 0 Å². The van der Waals surface area contributed by atoms with E-state index in [9.17, 15) is 0 Å². The molecule has 3 heterocycles. The van der Waals surface area contributed by atoms with E-state index in [0.29, 0.717) is 6.04 Å². The van der Waals surface area contributed by atoms with Gasteiger partial charge in [-0.15, -0.1) is 11.3 Å². The molecule has 0 aliphatic heterocycles. The SMILES string of the molecule is CCN(CC)C1CC(C)=C(Nc2nc(-c3ccc(-n4cnc(C)c4)nc3)cs2)C=C1C. The third kappa shape index (κ3) is 4.62. The first-order valence-electron chi connectivity index (χ1n) is 10.8. The van der Waals surface area contributed by atoms with Gasteiger partial charge in [0.25, 0.3) is 0 Å². The molecule has 3 aromatic heterocycles. The van der Waals surface area contributed by atoms with Crippen molar-refractivity contribution >= 4 is 16.5 Å². The Morgan fingerprint density at radius 2 is 1.97 bits per heavy atom. The minimum atomic E-state index is 0.497. The second kappa shape index (κ2) is 9.16. The van der Waals surface area contributed by atoms with Gasteiger partial charge in [-0.1, -0.05) is 19.4 Å². The number of hydrogen-bond donors (Lipinski definition) is 1. The van der Waals surface area contributed by atoms with Crippen molar-refractivity contribution in [2.75, 3.05) is 18.4 Å². The highest BCUT2D eigenvalue weighted by Crippen LogP contribution is 2.31. The molecule has 6 nitrogen and oxygen atoms in total. The Morgan fingerprint density at radius 3 is 2.61 bits per heavy atom. The fourth-order valence-electron chi connectivity index (χ4n) is 4.05. The van der Waals surface area contributed by atoms with Gasteiger partial charge in [-0.2, -0.15) is 0 Å². The molecule has 0 saturated heterocycles. The average molecular weight is 435 g/mol. The number of rotatable bonds is 7. The van der Waals surface area contributed by atoms with Crippen molar-refractivity contribution in [3.63, 3.8) is 0 Å². The molecule has 3 aromatic rings. The fourth-order valence-corrected chi connectivity index (χ4v) is 4.78. The van der Waals surface area contributed by atoms with Crippen LogP contribution in [0.3, 0.4) is 0 Å². The molecule has 4 rings (SSSR count). The Balaban J connectivity index is 1.48. The van der Waals surface area contributed by atoms with E-state index in [1.165, 1.54) is 16.8 Å². The van der Waals surface area contributed by atoms with Gasteiger partial charge in [0, 0.05) is 35.1 Å². The number of nitrogens with zero attached hydrogens (tertiary/aromatic N) is 5. The molecule has 1 aliphatic carbocycles. The van der Waals surface area contributed by atoms with Gasteiger partial charge in [-0.25, -0.2) is 15.0 Å². The van der Waals surface area contributed by atoms with Crippen LogP contribution in [-0.4, -0.2) is 43.6 Å². The van der Waals surface area contributed by atoms with Crippen LogP contribution < -0.4 is 5.32 Å². The summed E-state index contributed by atoms with van der Waals surface area (Å²) < 4.78 is 1.92. The van der Waals surface area contributed by atoms with Crippen molar-refractivity contribution in [3.05, 3.63) is 64.8 Å². The monoisotopic (exact) mass is 434 g/mol. The lowest BCUT2D eigenvalue weighted by molar-refractivity contribution is 0.240. The molecule has 7 heteroatoms. The highest BCUT2D eigenvalue weighted by Gasteiger charge is 2.23. The Labute approximate surface area is 188 Å². The summed E-state index contributed by atoms with van der Waals surface area (Å²) in [7, 11) is 0. The lowest BCUT2D eigenvalue weighted by Gasteiger charge is -2.34. The maximum absolute atomic E-state index is 4.80. The van der Waals surface area contributed by atoms with E-state index < -0.39 is 0 Å². The van der Waals surface area contributed by atoms with Crippen LogP contribution in [0.1, 0.15) is 39.8 Å². The summed E-state index contributed by atoms with van der Waals surface area (Å²) in [5.41, 5.74) is 6.87. The molecule has 0 saturated carbocycles. The van der Waals surface area contributed by atoms with Gasteiger partial charge in [0.15, 0.2) is 5.13 Å². The van der Waals surface area contributed by atoms with Crippen molar-refractivity contribution in [2.24, 2.45) is 0 Å². The Morgan fingerprint density at radius 1 is 1.16 bits per heavy atom. The molecule has 31 heavy (non-hydrogen) atoms. The standard InChI is InChI=1S/C24H30N6S/c1-6-29(7-2)22-11-16(3)20(10-17(22)4)27-24-28-21(14-31-24)19-8-9-23(25-12-19)30-13-18(5)26-15-30/h8-10,12-15,22H,6-7,11H2,1-5H3,(H,27,28). The number of nitrogens with one attached hydrogen (secondary N) is 1. The Hall–Kier alpha value is -2.77. The minimum Gasteiger partial charge on any atom is -0.332 e. The molecular formula is C24H30N6S. The van der Waals surface area contributed by atoms with Gasteiger partial charge in [-0.3, -0.25) is 9.47 Å². The summed E-state index contributed by atoms with van der Waals surface area (Å²) >= 11 is 1.62. The fraction of sp³-hybridized carbons (Fsp3) is 0.375.